The fourth-order valence-corrected chi connectivity index (χ4v) is 4.44. The molecule has 1 aliphatic rings. The maximum Gasteiger partial charge on any atom is 0.417 e. The number of alkyl halides is 3. The van der Waals surface area contributed by atoms with Crippen LogP contribution in [0.3, 0.4) is 0 Å². The van der Waals surface area contributed by atoms with Crippen molar-refractivity contribution in [2.24, 2.45) is 0 Å². The van der Waals surface area contributed by atoms with Crippen molar-refractivity contribution in [1.82, 2.24) is 4.98 Å². The minimum Gasteiger partial charge on any atom is -0.309 e. The largest absolute Gasteiger partial charge is 0.417 e. The van der Waals surface area contributed by atoms with E-state index in [9.17, 15) is 26.4 Å². The Morgan fingerprint density at radius 3 is 2.19 bits per heavy atom. The van der Waals surface area contributed by atoms with E-state index in [0.29, 0.717) is 11.2 Å². The molecule has 1 amide bonds. The molecule has 0 saturated heterocycles. The lowest BCUT2D eigenvalue weighted by molar-refractivity contribution is -0.137. The minimum atomic E-state index is -4.55. The quantitative estimate of drug-likeness (QED) is 0.843. The third kappa shape index (κ3) is 3.28. The summed E-state index contributed by atoms with van der Waals surface area (Å²) in [5.41, 5.74) is -0.967. The van der Waals surface area contributed by atoms with Gasteiger partial charge >= 0.3 is 6.18 Å². The molecule has 0 radical (unpaired) electrons. The van der Waals surface area contributed by atoms with Gasteiger partial charge in [0.25, 0.3) is 0 Å². The zero-order valence-electron chi connectivity index (χ0n) is 13.0. The highest BCUT2D eigenvalue weighted by molar-refractivity contribution is 7.94. The topological polar surface area (TPSA) is 76.1 Å². The number of halogens is 4. The number of hydrogen-bond acceptors (Lipinski definition) is 4. The first-order chi connectivity index (χ1) is 12.1. The van der Waals surface area contributed by atoms with Gasteiger partial charge < -0.3 is 5.32 Å². The van der Waals surface area contributed by atoms with E-state index in [-0.39, 0.29) is 23.6 Å². The average molecular weight is 405 g/mol. The number of amides is 1. The van der Waals surface area contributed by atoms with Crippen LogP contribution in [0.2, 0.25) is 5.02 Å². The lowest BCUT2D eigenvalue weighted by Crippen LogP contribution is -2.37. The predicted octanol–water partition coefficient (Wildman–Crippen LogP) is 3.70. The van der Waals surface area contributed by atoms with E-state index in [1.165, 1.54) is 24.3 Å². The first-order valence-electron chi connectivity index (χ1n) is 7.41. The molecule has 1 fully saturated rings. The maximum atomic E-state index is 12.8. The number of aromatic nitrogens is 1. The van der Waals surface area contributed by atoms with E-state index in [4.69, 9.17) is 11.6 Å². The van der Waals surface area contributed by atoms with Crippen LogP contribution in [-0.2, 0) is 20.8 Å². The molecule has 1 aliphatic carbocycles. The van der Waals surface area contributed by atoms with Crippen LogP contribution in [-0.4, -0.2) is 24.1 Å². The van der Waals surface area contributed by atoms with Gasteiger partial charge in [-0.1, -0.05) is 11.6 Å². The van der Waals surface area contributed by atoms with Gasteiger partial charge in [0, 0.05) is 11.2 Å². The summed E-state index contributed by atoms with van der Waals surface area (Å²) in [6.45, 7) is 0. The lowest BCUT2D eigenvalue weighted by atomic mass is 10.3. The van der Waals surface area contributed by atoms with Crippen LogP contribution in [0.25, 0.3) is 0 Å². The van der Waals surface area contributed by atoms with Crippen molar-refractivity contribution in [3.8, 4) is 0 Å². The number of hydrogen-bond donors (Lipinski definition) is 1. The van der Waals surface area contributed by atoms with Crippen LogP contribution in [0.15, 0.2) is 47.5 Å². The fraction of sp³-hybridized carbons (Fsp3) is 0.250. The van der Waals surface area contributed by atoms with Gasteiger partial charge in [-0.3, -0.25) is 4.79 Å². The van der Waals surface area contributed by atoms with Crippen molar-refractivity contribution in [2.45, 2.75) is 28.7 Å². The number of anilines is 1. The van der Waals surface area contributed by atoms with Crippen LogP contribution >= 0.6 is 11.6 Å². The van der Waals surface area contributed by atoms with Crippen molar-refractivity contribution in [3.05, 3.63) is 53.2 Å². The Morgan fingerprint density at radius 1 is 1.12 bits per heavy atom. The highest BCUT2D eigenvalue weighted by atomic mass is 35.5. The Labute approximate surface area is 152 Å². The molecular weight excluding hydrogens is 393 g/mol. The second-order valence-electron chi connectivity index (χ2n) is 5.84. The molecule has 26 heavy (non-hydrogen) atoms. The summed E-state index contributed by atoms with van der Waals surface area (Å²) >= 11 is 5.74. The first-order valence-corrected chi connectivity index (χ1v) is 9.27. The molecule has 0 spiro atoms. The summed E-state index contributed by atoms with van der Waals surface area (Å²) in [6.07, 6.45) is -3.75. The van der Waals surface area contributed by atoms with Gasteiger partial charge in [-0.05, 0) is 49.2 Å². The molecule has 3 rings (SSSR count). The lowest BCUT2D eigenvalue weighted by Gasteiger charge is -2.16. The molecule has 0 bridgehead atoms. The minimum absolute atomic E-state index is 0.0464. The molecule has 1 aromatic carbocycles. The van der Waals surface area contributed by atoms with Crippen LogP contribution in [0.5, 0.6) is 0 Å². The number of sulfone groups is 1. The first kappa shape index (κ1) is 18.7. The van der Waals surface area contributed by atoms with Crippen LogP contribution in [0.4, 0.5) is 19.0 Å². The second-order valence-corrected chi connectivity index (χ2v) is 8.53. The molecular formula is C16H12ClF3N2O3S. The van der Waals surface area contributed by atoms with Gasteiger partial charge in [-0.25, -0.2) is 13.4 Å². The molecule has 1 aromatic heterocycles. The van der Waals surface area contributed by atoms with E-state index in [0.717, 1.165) is 12.1 Å². The van der Waals surface area contributed by atoms with E-state index < -0.39 is 32.2 Å². The summed E-state index contributed by atoms with van der Waals surface area (Å²) in [4.78, 5) is 16.0. The fourth-order valence-electron chi connectivity index (χ4n) is 2.44. The Morgan fingerprint density at radius 2 is 1.73 bits per heavy atom. The maximum absolute atomic E-state index is 12.8. The van der Waals surface area contributed by atoms with Gasteiger partial charge in [-0.15, -0.1) is 0 Å². The van der Waals surface area contributed by atoms with Crippen LogP contribution in [0, 0.1) is 0 Å². The van der Waals surface area contributed by atoms with Crippen molar-refractivity contribution in [1.29, 1.82) is 0 Å². The summed E-state index contributed by atoms with van der Waals surface area (Å²) in [7, 11) is -3.97. The van der Waals surface area contributed by atoms with E-state index in [1.807, 2.05) is 0 Å². The Kier molecular flexibility index (Phi) is 4.48. The third-order valence-corrected chi connectivity index (χ3v) is 6.86. The highest BCUT2D eigenvalue weighted by Gasteiger charge is 2.61. The number of nitrogens with zero attached hydrogens (tertiary/aromatic N) is 1. The average Bonchev–Trinajstić information content (AvgIpc) is 3.37. The summed E-state index contributed by atoms with van der Waals surface area (Å²) < 4.78 is 61.5. The molecule has 2 aromatic rings. The Balaban J connectivity index is 1.82. The third-order valence-electron chi connectivity index (χ3n) is 4.09. The number of carbonyl (C=O) groups is 1. The highest BCUT2D eigenvalue weighted by Crippen LogP contribution is 2.47. The normalized spacial score (nSPS) is 16.2. The number of carbonyl (C=O) groups excluding carboxylic acids is 1. The van der Waals surface area contributed by atoms with Crippen LogP contribution in [0.1, 0.15) is 18.4 Å². The van der Waals surface area contributed by atoms with Crippen molar-refractivity contribution in [3.63, 3.8) is 0 Å². The zero-order valence-corrected chi connectivity index (χ0v) is 14.6. The van der Waals surface area contributed by atoms with Gasteiger partial charge in [0.05, 0.1) is 10.5 Å². The smallest absolute Gasteiger partial charge is 0.309 e. The molecule has 138 valence electrons. The van der Waals surface area contributed by atoms with Crippen LogP contribution < -0.4 is 5.32 Å². The zero-order chi connectivity index (χ0) is 19.2. The van der Waals surface area contributed by atoms with Crippen molar-refractivity contribution >= 4 is 33.2 Å². The Bertz CT molecular complexity index is 938. The standard InChI is InChI=1S/C16H12ClF3N2O3S/c17-11-2-4-12(5-3-11)26(24,25)15(7-8-15)14(23)22-13-6-1-10(9-21-13)16(18,19)20/h1-6,9H,7-8H2,(H,21,22,23). The molecule has 10 heteroatoms. The van der Waals surface area contributed by atoms with E-state index in [1.54, 1.807) is 0 Å². The number of pyridine rings is 1. The predicted molar refractivity (Wildman–Crippen MR) is 88.5 cm³/mol. The Hall–Kier alpha value is -2.13. The number of benzene rings is 1. The van der Waals surface area contributed by atoms with Gasteiger partial charge in [0.15, 0.2) is 14.6 Å². The number of nitrogens with one attached hydrogen (secondary N) is 1. The number of rotatable bonds is 4. The molecule has 5 nitrogen and oxygen atoms in total. The molecule has 0 aliphatic heterocycles. The molecule has 1 heterocycles. The SMILES string of the molecule is O=C(Nc1ccc(C(F)(F)F)cn1)C1(S(=O)(=O)c2ccc(Cl)cc2)CC1. The van der Waals surface area contributed by atoms with Gasteiger partial charge in [-0.2, -0.15) is 13.2 Å². The van der Waals surface area contributed by atoms with E-state index >= 15 is 0 Å². The van der Waals surface area contributed by atoms with Crippen molar-refractivity contribution in [2.75, 3.05) is 5.32 Å². The molecule has 1 saturated carbocycles. The summed E-state index contributed by atoms with van der Waals surface area (Å²) in [5, 5.41) is 2.64. The second kappa shape index (κ2) is 6.24. The molecule has 1 N–H and O–H groups in total. The van der Waals surface area contributed by atoms with E-state index in [2.05, 4.69) is 10.3 Å². The van der Waals surface area contributed by atoms with Gasteiger partial charge in [0.2, 0.25) is 5.91 Å². The summed E-state index contributed by atoms with van der Waals surface area (Å²) in [6, 6.07) is 7.16. The molecule has 0 unspecified atom stereocenters. The van der Waals surface area contributed by atoms with Gasteiger partial charge in [0.1, 0.15) is 5.82 Å². The summed E-state index contributed by atoms with van der Waals surface area (Å²) in [5.74, 6) is -0.972. The van der Waals surface area contributed by atoms with Crippen molar-refractivity contribution < 1.29 is 26.4 Å². The molecule has 0 atom stereocenters. The monoisotopic (exact) mass is 404 g/mol.